The van der Waals surface area contributed by atoms with Gasteiger partial charge in [-0.15, -0.1) is 0 Å². The number of hydrogen-bond acceptors (Lipinski definition) is 6. The first-order valence-electron chi connectivity index (χ1n) is 16.3. The maximum atomic E-state index is 6.55. The Bertz CT molecular complexity index is 1770. The first-order chi connectivity index (χ1) is 24.6. The van der Waals surface area contributed by atoms with Crippen LogP contribution in [-0.4, -0.2) is 47.6 Å². The Morgan fingerprint density at radius 2 is 0.880 bits per heavy atom. The van der Waals surface area contributed by atoms with Crippen LogP contribution in [0.1, 0.15) is 11.5 Å². The molecule has 8 heteroatoms. The fraction of sp³-hybridized carbons (Fsp3) is 0.190. The highest BCUT2D eigenvalue weighted by atomic mass is 31.2. The molecule has 0 aliphatic heterocycles. The molecule has 0 saturated carbocycles. The van der Waals surface area contributed by atoms with Gasteiger partial charge in [-0.25, -0.2) is 0 Å². The number of rotatable bonds is 13. The maximum Gasteiger partial charge on any atom is 0.203 e. The molecule has 50 heavy (non-hydrogen) atoms. The van der Waals surface area contributed by atoms with Crippen LogP contribution in [0.3, 0.4) is 0 Å². The molecule has 256 valence electrons. The van der Waals surface area contributed by atoms with Gasteiger partial charge in [0, 0.05) is 5.56 Å². The lowest BCUT2D eigenvalue weighted by atomic mass is 9.87. The Balaban J connectivity index is 1.89. The topological polar surface area (TPSA) is 55.4 Å². The average molecular weight is 705 g/mol. The second kappa shape index (κ2) is 15.9. The molecule has 6 nitrogen and oxygen atoms in total. The van der Waals surface area contributed by atoms with Crippen molar-refractivity contribution >= 4 is 37.1 Å². The summed E-state index contributed by atoms with van der Waals surface area (Å²) in [4.78, 5) is -0.748. The summed E-state index contributed by atoms with van der Waals surface area (Å²) in [5.41, 5.74) is 0.877. The van der Waals surface area contributed by atoms with Crippen molar-refractivity contribution in [2.45, 2.75) is 10.8 Å². The molecule has 1 atom stereocenters. The van der Waals surface area contributed by atoms with E-state index in [1.165, 1.54) is 21.2 Å². The minimum Gasteiger partial charge on any atom is -0.496 e. The van der Waals surface area contributed by atoms with Crippen LogP contribution in [0.15, 0.2) is 157 Å². The summed E-state index contributed by atoms with van der Waals surface area (Å²) in [6.07, 6.45) is 2.33. The molecule has 0 heterocycles. The smallest absolute Gasteiger partial charge is 0.203 e. The molecule has 0 bridgehead atoms. The highest BCUT2D eigenvalue weighted by molar-refractivity contribution is 7.91. The quantitative estimate of drug-likeness (QED) is 0.117. The second-order valence-corrected chi connectivity index (χ2v) is 16.7. The first-order valence-corrected chi connectivity index (χ1v) is 18.9. The molecule has 0 saturated heterocycles. The molecule has 5 aromatic carbocycles. The predicted octanol–water partition coefficient (Wildman–Crippen LogP) is 7.81. The van der Waals surface area contributed by atoms with Gasteiger partial charge in [0.25, 0.3) is 0 Å². The fourth-order valence-electron chi connectivity index (χ4n) is 6.99. The van der Waals surface area contributed by atoms with Gasteiger partial charge in [-0.05, 0) is 49.2 Å². The maximum absolute atomic E-state index is 6.55. The molecule has 1 aliphatic rings. The molecular weight excluding hydrogens is 662 g/mol. The standard InChI is InChI=1S/C42H42O6P2/c1-43-35-28-27-34(38(45-3)39(35)46-4)37-41(48-6)40(47-5)36(44-2)29-42(37,49(30-19-11-7-12-20-30)31-21-13-8-14-22-31)50(32-23-15-9-16-24-32)33-25-17-10-18-26-33/h7-29,37H,1-6H3/t37-/m1/s1. The van der Waals surface area contributed by atoms with Gasteiger partial charge in [0.2, 0.25) is 5.75 Å². The third-order valence-electron chi connectivity index (χ3n) is 8.94. The van der Waals surface area contributed by atoms with Crippen molar-refractivity contribution in [2.24, 2.45) is 0 Å². The van der Waals surface area contributed by atoms with Crippen molar-refractivity contribution in [3.63, 3.8) is 0 Å². The Morgan fingerprint density at radius 3 is 1.22 bits per heavy atom. The SMILES string of the molecule is COC1=CC(P(c2ccccc2)c2ccccc2)(P(c2ccccc2)c2ccccc2)[C@H](c2ccc(OC)c(OC)c2OC)C(OC)=C1OC. The lowest BCUT2D eigenvalue weighted by Crippen LogP contribution is -2.45. The second-order valence-electron chi connectivity index (χ2n) is 11.5. The first kappa shape index (κ1) is 35.1. The summed E-state index contributed by atoms with van der Waals surface area (Å²) in [7, 11) is 7.48. The van der Waals surface area contributed by atoms with Gasteiger partial charge in [0.15, 0.2) is 28.8 Å². The van der Waals surface area contributed by atoms with Gasteiger partial charge in [-0.3, -0.25) is 0 Å². The summed E-state index contributed by atoms with van der Waals surface area (Å²) < 4.78 is 37.1. The lowest BCUT2D eigenvalue weighted by Gasteiger charge is -2.52. The van der Waals surface area contributed by atoms with Crippen molar-refractivity contribution in [3.8, 4) is 17.2 Å². The molecular formula is C42H42O6P2. The highest BCUT2D eigenvalue weighted by Gasteiger charge is 2.58. The normalized spacial score (nSPS) is 15.4. The van der Waals surface area contributed by atoms with Crippen molar-refractivity contribution in [1.82, 2.24) is 0 Å². The van der Waals surface area contributed by atoms with E-state index in [1.54, 1.807) is 42.7 Å². The molecule has 0 N–H and O–H groups in total. The summed E-state index contributed by atoms with van der Waals surface area (Å²) in [6, 6.07) is 47.2. The molecule has 6 rings (SSSR count). The van der Waals surface area contributed by atoms with Crippen LogP contribution in [-0.2, 0) is 14.2 Å². The van der Waals surface area contributed by atoms with Crippen LogP contribution in [0.5, 0.6) is 17.2 Å². The van der Waals surface area contributed by atoms with E-state index < -0.39 is 26.7 Å². The zero-order valence-corrected chi connectivity index (χ0v) is 31.0. The van der Waals surface area contributed by atoms with E-state index in [9.17, 15) is 0 Å². The predicted molar refractivity (Wildman–Crippen MR) is 206 cm³/mol. The van der Waals surface area contributed by atoms with E-state index in [-0.39, 0.29) is 0 Å². The molecule has 0 radical (unpaired) electrons. The highest BCUT2D eigenvalue weighted by Crippen LogP contribution is 2.75. The molecule has 1 aliphatic carbocycles. The molecule has 0 unspecified atom stereocenters. The molecule has 0 amide bonds. The van der Waals surface area contributed by atoms with E-state index >= 15 is 0 Å². The van der Waals surface area contributed by atoms with E-state index in [0.717, 1.165) is 5.56 Å². The number of methoxy groups -OCH3 is 6. The van der Waals surface area contributed by atoms with Gasteiger partial charge in [0.05, 0.1) is 53.5 Å². The largest absolute Gasteiger partial charge is 0.496 e. The Kier molecular flexibility index (Phi) is 11.1. The number of allylic oxidation sites excluding steroid dienone is 2. The lowest BCUT2D eigenvalue weighted by molar-refractivity contribution is 0.165. The van der Waals surface area contributed by atoms with Crippen LogP contribution < -0.4 is 35.4 Å². The van der Waals surface area contributed by atoms with Gasteiger partial charge >= 0.3 is 0 Å². The minimum absolute atomic E-state index is 0.464. The monoisotopic (exact) mass is 704 g/mol. The Labute approximate surface area is 297 Å². The van der Waals surface area contributed by atoms with Crippen LogP contribution in [0.25, 0.3) is 0 Å². The van der Waals surface area contributed by atoms with Crippen LogP contribution in [0.2, 0.25) is 0 Å². The van der Waals surface area contributed by atoms with E-state index in [2.05, 4.69) is 133 Å². The van der Waals surface area contributed by atoms with E-state index in [4.69, 9.17) is 28.4 Å². The van der Waals surface area contributed by atoms with Crippen molar-refractivity contribution in [1.29, 1.82) is 0 Å². The summed E-state index contributed by atoms with van der Waals surface area (Å²) >= 11 is 0. The van der Waals surface area contributed by atoms with Crippen molar-refractivity contribution < 1.29 is 28.4 Å². The fourth-order valence-corrected chi connectivity index (χ4v) is 14.8. The number of benzene rings is 5. The Morgan fingerprint density at radius 1 is 0.440 bits per heavy atom. The third-order valence-corrected chi connectivity index (χ3v) is 15.6. The molecule has 5 aromatic rings. The van der Waals surface area contributed by atoms with Gasteiger partial charge in [0.1, 0.15) is 0 Å². The minimum atomic E-state index is -1.26. The third kappa shape index (κ3) is 6.23. The van der Waals surface area contributed by atoms with Crippen molar-refractivity contribution in [2.75, 3.05) is 42.7 Å². The Hall–Kier alpha value is -4.76. The average Bonchev–Trinajstić information content (AvgIpc) is 3.18. The summed E-state index contributed by atoms with van der Waals surface area (Å²) in [5.74, 6) is 2.94. The summed E-state index contributed by atoms with van der Waals surface area (Å²) in [5, 5.41) is 4.84. The number of ether oxygens (including phenoxy) is 6. The van der Waals surface area contributed by atoms with Crippen LogP contribution >= 0.6 is 15.8 Å². The van der Waals surface area contributed by atoms with Crippen LogP contribution in [0.4, 0.5) is 0 Å². The summed E-state index contributed by atoms with van der Waals surface area (Å²) in [6.45, 7) is 0. The zero-order chi connectivity index (χ0) is 35.1. The molecule has 0 aromatic heterocycles. The molecule has 0 spiro atoms. The van der Waals surface area contributed by atoms with Gasteiger partial charge in [-0.1, -0.05) is 127 Å². The zero-order valence-electron chi connectivity index (χ0n) is 29.2. The van der Waals surface area contributed by atoms with Crippen LogP contribution in [0, 0.1) is 0 Å². The van der Waals surface area contributed by atoms with E-state index in [0.29, 0.717) is 34.5 Å². The van der Waals surface area contributed by atoms with Crippen molar-refractivity contribution in [3.05, 3.63) is 162 Å². The van der Waals surface area contributed by atoms with E-state index in [1.807, 2.05) is 6.07 Å². The van der Waals surface area contributed by atoms with Gasteiger partial charge in [-0.2, -0.15) is 0 Å². The van der Waals surface area contributed by atoms with Gasteiger partial charge < -0.3 is 28.4 Å². The number of hydrogen-bond donors (Lipinski definition) is 0. The molecule has 0 fully saturated rings.